The number of rotatable bonds is 6. The second kappa shape index (κ2) is 6.90. The van der Waals surface area contributed by atoms with Gasteiger partial charge in [0.1, 0.15) is 0 Å². The number of carbonyl (C=O) groups is 1. The van der Waals surface area contributed by atoms with Crippen LogP contribution in [-0.2, 0) is 4.79 Å². The van der Waals surface area contributed by atoms with E-state index in [0.29, 0.717) is 24.6 Å². The number of nitrogens with one attached hydrogen (secondary N) is 2. The fraction of sp³-hybridized carbons (Fsp3) is 0.333. The van der Waals surface area contributed by atoms with Gasteiger partial charge >= 0.3 is 5.69 Å². The van der Waals surface area contributed by atoms with Gasteiger partial charge in [0.05, 0.1) is 5.69 Å². The molecular formula is C15H20N4O2. The summed E-state index contributed by atoms with van der Waals surface area (Å²) in [5.41, 5.74) is 6.79. The van der Waals surface area contributed by atoms with Crippen molar-refractivity contribution in [3.63, 3.8) is 0 Å². The number of aromatic amines is 1. The lowest BCUT2D eigenvalue weighted by molar-refractivity contribution is -0.116. The molecule has 112 valence electrons. The highest BCUT2D eigenvalue weighted by atomic mass is 16.2. The Balaban J connectivity index is 1.95. The van der Waals surface area contributed by atoms with Crippen LogP contribution in [0.4, 0.5) is 5.69 Å². The number of anilines is 1. The minimum absolute atomic E-state index is 0.0261. The zero-order valence-corrected chi connectivity index (χ0v) is 12.0. The van der Waals surface area contributed by atoms with E-state index in [1.54, 1.807) is 36.7 Å². The summed E-state index contributed by atoms with van der Waals surface area (Å²) in [6.45, 7) is 2.62. The smallest absolute Gasteiger partial charge is 0.330 e. The van der Waals surface area contributed by atoms with Gasteiger partial charge in [0.15, 0.2) is 0 Å². The summed E-state index contributed by atoms with van der Waals surface area (Å²) in [4.78, 5) is 25.8. The first-order chi connectivity index (χ1) is 10.1. The monoisotopic (exact) mass is 288 g/mol. The number of nitrogens with zero attached hydrogens (tertiary/aromatic N) is 1. The molecule has 6 nitrogen and oxygen atoms in total. The van der Waals surface area contributed by atoms with Gasteiger partial charge in [-0.25, -0.2) is 4.79 Å². The summed E-state index contributed by atoms with van der Waals surface area (Å²) < 4.78 is 1.49. The van der Waals surface area contributed by atoms with E-state index in [-0.39, 0.29) is 11.6 Å². The Morgan fingerprint density at radius 1 is 1.38 bits per heavy atom. The molecular weight excluding hydrogens is 268 g/mol. The van der Waals surface area contributed by atoms with Gasteiger partial charge in [0.2, 0.25) is 5.91 Å². The van der Waals surface area contributed by atoms with E-state index in [1.807, 2.05) is 6.92 Å². The fourth-order valence-electron chi connectivity index (χ4n) is 1.95. The molecule has 6 heteroatoms. The van der Waals surface area contributed by atoms with Crippen molar-refractivity contribution < 1.29 is 4.79 Å². The van der Waals surface area contributed by atoms with Crippen molar-refractivity contribution in [2.75, 3.05) is 11.9 Å². The second-order valence-corrected chi connectivity index (χ2v) is 5.11. The molecule has 0 bridgehead atoms. The molecule has 0 aliphatic rings. The zero-order valence-electron chi connectivity index (χ0n) is 12.0. The number of nitrogens with two attached hydrogens (primary N) is 1. The van der Waals surface area contributed by atoms with Crippen LogP contribution in [0.3, 0.4) is 0 Å². The van der Waals surface area contributed by atoms with Crippen LogP contribution in [0.2, 0.25) is 0 Å². The summed E-state index contributed by atoms with van der Waals surface area (Å²) in [7, 11) is 0. The van der Waals surface area contributed by atoms with Crippen LogP contribution in [0, 0.1) is 5.92 Å². The zero-order chi connectivity index (χ0) is 15.2. The molecule has 0 saturated heterocycles. The maximum Gasteiger partial charge on any atom is 0.330 e. The van der Waals surface area contributed by atoms with Gasteiger partial charge in [-0.3, -0.25) is 9.36 Å². The molecule has 1 aromatic carbocycles. The van der Waals surface area contributed by atoms with Crippen LogP contribution in [0.5, 0.6) is 0 Å². The van der Waals surface area contributed by atoms with Crippen LogP contribution >= 0.6 is 0 Å². The standard InChI is InChI=1S/C15H20N4O2/c1-11(10-16)2-7-14(20)18-12-3-5-13(6-4-12)19-9-8-17-15(19)21/h3-6,8-9,11H,2,7,10,16H2,1H3,(H,17,21)(H,18,20). The Hall–Kier alpha value is -2.34. The molecule has 1 heterocycles. The lowest BCUT2D eigenvalue weighted by Crippen LogP contribution is -2.16. The van der Waals surface area contributed by atoms with Crippen molar-refractivity contribution in [3.8, 4) is 5.69 Å². The minimum atomic E-state index is -0.192. The van der Waals surface area contributed by atoms with Crippen molar-refractivity contribution in [3.05, 3.63) is 47.1 Å². The van der Waals surface area contributed by atoms with Gasteiger partial charge in [0, 0.05) is 24.5 Å². The Morgan fingerprint density at radius 3 is 2.67 bits per heavy atom. The van der Waals surface area contributed by atoms with E-state index in [2.05, 4.69) is 10.3 Å². The third kappa shape index (κ3) is 4.06. The number of hydrogen-bond donors (Lipinski definition) is 3. The van der Waals surface area contributed by atoms with Crippen LogP contribution in [-0.4, -0.2) is 22.0 Å². The summed E-state index contributed by atoms with van der Waals surface area (Å²) >= 11 is 0. The van der Waals surface area contributed by atoms with Crippen molar-refractivity contribution in [2.24, 2.45) is 11.7 Å². The normalized spacial score (nSPS) is 12.1. The maximum atomic E-state index is 11.8. The number of hydrogen-bond acceptors (Lipinski definition) is 3. The van der Waals surface area contributed by atoms with E-state index in [4.69, 9.17) is 5.73 Å². The Morgan fingerprint density at radius 2 is 2.10 bits per heavy atom. The van der Waals surface area contributed by atoms with Crippen molar-refractivity contribution in [2.45, 2.75) is 19.8 Å². The van der Waals surface area contributed by atoms with Crippen LogP contribution in [0.25, 0.3) is 5.69 Å². The molecule has 2 rings (SSSR count). The summed E-state index contributed by atoms with van der Waals surface area (Å²) in [6.07, 6.45) is 4.47. The fourth-order valence-corrected chi connectivity index (χ4v) is 1.95. The molecule has 0 fully saturated rings. The topological polar surface area (TPSA) is 92.9 Å². The Labute approximate surface area is 123 Å². The third-order valence-corrected chi connectivity index (χ3v) is 3.35. The minimum Gasteiger partial charge on any atom is -0.330 e. The van der Waals surface area contributed by atoms with Crippen LogP contribution in [0.1, 0.15) is 19.8 Å². The molecule has 1 atom stereocenters. The van der Waals surface area contributed by atoms with Gasteiger partial charge in [-0.1, -0.05) is 6.92 Å². The van der Waals surface area contributed by atoms with E-state index in [9.17, 15) is 9.59 Å². The quantitative estimate of drug-likeness (QED) is 0.751. The summed E-state index contributed by atoms with van der Waals surface area (Å²) in [6, 6.07) is 7.12. The lowest BCUT2D eigenvalue weighted by Gasteiger charge is -2.09. The SMILES string of the molecule is CC(CN)CCC(=O)Nc1ccc(-n2cc[nH]c2=O)cc1. The number of carbonyl (C=O) groups excluding carboxylic acids is 1. The number of benzene rings is 1. The van der Waals surface area contributed by atoms with Crippen molar-refractivity contribution in [1.82, 2.24) is 9.55 Å². The molecule has 21 heavy (non-hydrogen) atoms. The van der Waals surface area contributed by atoms with Crippen LogP contribution in [0.15, 0.2) is 41.5 Å². The second-order valence-electron chi connectivity index (χ2n) is 5.11. The Kier molecular flexibility index (Phi) is 4.94. The third-order valence-electron chi connectivity index (χ3n) is 3.35. The lowest BCUT2D eigenvalue weighted by atomic mass is 10.1. The molecule has 2 aromatic rings. The highest BCUT2D eigenvalue weighted by Crippen LogP contribution is 2.13. The number of aromatic nitrogens is 2. The molecule has 0 spiro atoms. The van der Waals surface area contributed by atoms with Gasteiger partial charge < -0.3 is 16.0 Å². The van der Waals surface area contributed by atoms with E-state index in [1.165, 1.54) is 4.57 Å². The molecule has 4 N–H and O–H groups in total. The van der Waals surface area contributed by atoms with E-state index in [0.717, 1.165) is 12.1 Å². The Bertz CT molecular complexity index is 642. The van der Waals surface area contributed by atoms with Gasteiger partial charge in [-0.05, 0) is 43.1 Å². The van der Waals surface area contributed by atoms with Gasteiger partial charge in [-0.15, -0.1) is 0 Å². The predicted octanol–water partition coefficient (Wildman–Crippen LogP) is 1.48. The molecule has 1 aromatic heterocycles. The van der Waals surface area contributed by atoms with E-state index < -0.39 is 0 Å². The summed E-state index contributed by atoms with van der Waals surface area (Å²) in [5, 5.41) is 2.83. The number of H-pyrrole nitrogens is 1. The molecule has 0 saturated carbocycles. The highest BCUT2D eigenvalue weighted by Gasteiger charge is 2.06. The largest absolute Gasteiger partial charge is 0.330 e. The van der Waals surface area contributed by atoms with Crippen molar-refractivity contribution >= 4 is 11.6 Å². The first kappa shape index (κ1) is 15.1. The van der Waals surface area contributed by atoms with E-state index >= 15 is 0 Å². The average molecular weight is 288 g/mol. The first-order valence-corrected chi connectivity index (χ1v) is 6.96. The summed E-state index contributed by atoms with van der Waals surface area (Å²) in [5.74, 6) is 0.320. The van der Waals surface area contributed by atoms with Crippen LogP contribution < -0.4 is 16.7 Å². The predicted molar refractivity (Wildman–Crippen MR) is 82.5 cm³/mol. The number of amides is 1. The highest BCUT2D eigenvalue weighted by molar-refractivity contribution is 5.90. The molecule has 0 radical (unpaired) electrons. The maximum absolute atomic E-state index is 11.8. The average Bonchev–Trinajstić information content (AvgIpc) is 2.91. The molecule has 1 unspecified atom stereocenters. The van der Waals surface area contributed by atoms with Gasteiger partial charge in [-0.2, -0.15) is 0 Å². The molecule has 0 aliphatic carbocycles. The van der Waals surface area contributed by atoms with Gasteiger partial charge in [0.25, 0.3) is 0 Å². The molecule has 0 aliphatic heterocycles. The van der Waals surface area contributed by atoms with Crippen molar-refractivity contribution in [1.29, 1.82) is 0 Å². The first-order valence-electron chi connectivity index (χ1n) is 6.96. The molecule has 1 amide bonds. The number of imidazole rings is 1.